The molecule has 1 unspecified atom stereocenters. The third kappa shape index (κ3) is 3.09. The van der Waals surface area contributed by atoms with Crippen molar-refractivity contribution in [2.75, 3.05) is 7.11 Å². The minimum absolute atomic E-state index is 0.0403. The molecule has 0 heterocycles. The van der Waals surface area contributed by atoms with E-state index in [9.17, 15) is 4.79 Å². The van der Waals surface area contributed by atoms with Gasteiger partial charge >= 0.3 is 5.97 Å². The zero-order chi connectivity index (χ0) is 19.7. The Hall–Kier alpha value is -3.33. The molecule has 0 bridgehead atoms. The zero-order valence-corrected chi connectivity index (χ0v) is 16.2. The fourth-order valence-electron chi connectivity index (χ4n) is 4.01. The Balaban J connectivity index is 2.03. The lowest BCUT2D eigenvalue weighted by Gasteiger charge is -2.22. The van der Waals surface area contributed by atoms with Gasteiger partial charge in [-0.25, -0.2) is 0 Å². The number of ether oxygens (including phenoxy) is 2. The lowest BCUT2D eigenvalue weighted by molar-refractivity contribution is -0.131. The minimum Gasteiger partial charge on any atom is -0.496 e. The minimum atomic E-state index is -0.325. The maximum absolute atomic E-state index is 11.7. The van der Waals surface area contributed by atoms with Crippen molar-refractivity contribution < 1.29 is 14.3 Å². The lowest BCUT2D eigenvalue weighted by Crippen LogP contribution is -2.08. The van der Waals surface area contributed by atoms with Crippen molar-refractivity contribution in [1.82, 2.24) is 0 Å². The van der Waals surface area contributed by atoms with Crippen LogP contribution in [0.25, 0.3) is 21.5 Å². The van der Waals surface area contributed by atoms with Crippen molar-refractivity contribution >= 4 is 27.5 Å². The van der Waals surface area contributed by atoms with E-state index in [0.29, 0.717) is 5.75 Å². The maximum atomic E-state index is 11.7. The third-order valence-corrected chi connectivity index (χ3v) is 5.20. The van der Waals surface area contributed by atoms with E-state index in [1.165, 1.54) is 6.92 Å². The highest BCUT2D eigenvalue weighted by molar-refractivity contribution is 5.93. The van der Waals surface area contributed by atoms with Crippen LogP contribution < -0.4 is 9.47 Å². The number of hydrogen-bond acceptors (Lipinski definition) is 3. The van der Waals surface area contributed by atoms with Crippen LogP contribution in [0.15, 0.2) is 72.8 Å². The topological polar surface area (TPSA) is 35.5 Å². The molecule has 0 amide bonds. The van der Waals surface area contributed by atoms with Crippen LogP contribution in [0.1, 0.15) is 30.9 Å². The standard InChI is InChI=1S/C25H22O3/c1-16(24-20-10-6-4-8-18(20)12-14-22(24)27-3)25-21-11-7-5-9-19(21)13-15-23(25)28-17(2)26/h4-16H,1-3H3. The highest BCUT2D eigenvalue weighted by Gasteiger charge is 2.23. The van der Waals surface area contributed by atoms with Crippen molar-refractivity contribution in [3.8, 4) is 11.5 Å². The molecule has 0 fully saturated rings. The van der Waals surface area contributed by atoms with Crippen molar-refractivity contribution in [3.63, 3.8) is 0 Å². The second kappa shape index (κ2) is 7.35. The highest BCUT2D eigenvalue weighted by Crippen LogP contribution is 2.43. The summed E-state index contributed by atoms with van der Waals surface area (Å²) in [4.78, 5) is 11.7. The molecular weight excluding hydrogens is 348 g/mol. The molecule has 4 rings (SSSR count). The molecule has 0 N–H and O–H groups in total. The highest BCUT2D eigenvalue weighted by atomic mass is 16.5. The predicted molar refractivity (Wildman–Crippen MR) is 113 cm³/mol. The molecule has 4 aromatic carbocycles. The Morgan fingerprint density at radius 3 is 1.79 bits per heavy atom. The Bertz CT molecular complexity index is 1180. The van der Waals surface area contributed by atoms with E-state index in [4.69, 9.17) is 9.47 Å². The number of carbonyl (C=O) groups is 1. The summed E-state index contributed by atoms with van der Waals surface area (Å²) in [6.07, 6.45) is 0. The van der Waals surface area contributed by atoms with E-state index >= 15 is 0 Å². The quantitative estimate of drug-likeness (QED) is 0.323. The van der Waals surface area contributed by atoms with Gasteiger partial charge in [-0.3, -0.25) is 4.79 Å². The van der Waals surface area contributed by atoms with E-state index in [0.717, 1.165) is 38.4 Å². The van der Waals surface area contributed by atoms with Crippen LogP contribution in [0, 0.1) is 0 Å². The summed E-state index contributed by atoms with van der Waals surface area (Å²) in [6.45, 7) is 3.57. The number of esters is 1. The van der Waals surface area contributed by atoms with Gasteiger partial charge in [0, 0.05) is 24.0 Å². The Morgan fingerprint density at radius 2 is 1.25 bits per heavy atom. The molecule has 28 heavy (non-hydrogen) atoms. The lowest BCUT2D eigenvalue weighted by atomic mass is 9.85. The smallest absolute Gasteiger partial charge is 0.308 e. The molecule has 140 valence electrons. The molecule has 0 aliphatic carbocycles. The average Bonchev–Trinajstić information content (AvgIpc) is 2.71. The summed E-state index contributed by atoms with van der Waals surface area (Å²) < 4.78 is 11.3. The first-order valence-electron chi connectivity index (χ1n) is 9.36. The summed E-state index contributed by atoms with van der Waals surface area (Å²) in [5, 5.41) is 4.47. The molecule has 0 spiro atoms. The Kier molecular flexibility index (Phi) is 4.74. The van der Waals surface area contributed by atoms with Crippen LogP contribution in [-0.2, 0) is 4.79 Å². The number of carbonyl (C=O) groups excluding carboxylic acids is 1. The van der Waals surface area contributed by atoms with Crippen LogP contribution in [0.5, 0.6) is 11.5 Å². The molecule has 0 aromatic heterocycles. The van der Waals surface area contributed by atoms with Crippen LogP contribution in [0.2, 0.25) is 0 Å². The predicted octanol–water partition coefficient (Wildman–Crippen LogP) is 6.08. The molecule has 4 aromatic rings. The fourth-order valence-corrected chi connectivity index (χ4v) is 4.01. The van der Waals surface area contributed by atoms with E-state index in [-0.39, 0.29) is 11.9 Å². The van der Waals surface area contributed by atoms with Crippen LogP contribution in [0.4, 0.5) is 0 Å². The van der Waals surface area contributed by atoms with Crippen LogP contribution in [0.3, 0.4) is 0 Å². The molecule has 0 saturated heterocycles. The summed E-state index contributed by atoms with van der Waals surface area (Å²) >= 11 is 0. The summed E-state index contributed by atoms with van der Waals surface area (Å²) in [5.74, 6) is 1.05. The second-order valence-electron chi connectivity index (χ2n) is 6.92. The van der Waals surface area contributed by atoms with Crippen LogP contribution in [-0.4, -0.2) is 13.1 Å². The fraction of sp³-hybridized carbons (Fsp3) is 0.160. The van der Waals surface area contributed by atoms with Gasteiger partial charge in [0.05, 0.1) is 7.11 Å². The first-order valence-corrected chi connectivity index (χ1v) is 9.36. The third-order valence-electron chi connectivity index (χ3n) is 5.20. The monoisotopic (exact) mass is 370 g/mol. The second-order valence-corrected chi connectivity index (χ2v) is 6.92. The molecule has 0 radical (unpaired) electrons. The Labute approximate surface area is 164 Å². The number of methoxy groups -OCH3 is 1. The number of benzene rings is 4. The van der Waals surface area contributed by atoms with Crippen molar-refractivity contribution in [1.29, 1.82) is 0 Å². The van der Waals surface area contributed by atoms with Gasteiger partial charge in [0.2, 0.25) is 0 Å². The normalized spacial score (nSPS) is 12.1. The largest absolute Gasteiger partial charge is 0.496 e. The van der Waals surface area contributed by atoms with Gasteiger partial charge in [-0.1, -0.05) is 67.6 Å². The molecule has 0 aliphatic heterocycles. The maximum Gasteiger partial charge on any atom is 0.308 e. The average molecular weight is 370 g/mol. The summed E-state index contributed by atoms with van der Waals surface area (Å²) in [7, 11) is 1.69. The van der Waals surface area contributed by atoms with Gasteiger partial charge in [-0.05, 0) is 33.7 Å². The number of fused-ring (bicyclic) bond motifs is 2. The van der Waals surface area contributed by atoms with Gasteiger partial charge in [0.1, 0.15) is 11.5 Å². The molecule has 3 heteroatoms. The molecule has 0 saturated carbocycles. The SMILES string of the molecule is COc1ccc2ccccc2c1C(C)c1c(OC(C)=O)ccc2ccccc12. The van der Waals surface area contributed by atoms with Gasteiger partial charge in [-0.2, -0.15) is 0 Å². The van der Waals surface area contributed by atoms with Gasteiger partial charge in [-0.15, -0.1) is 0 Å². The van der Waals surface area contributed by atoms with Crippen molar-refractivity contribution in [2.24, 2.45) is 0 Å². The van der Waals surface area contributed by atoms with E-state index in [1.807, 2.05) is 42.5 Å². The molecule has 0 aliphatic rings. The van der Waals surface area contributed by atoms with Crippen molar-refractivity contribution in [3.05, 3.63) is 83.9 Å². The zero-order valence-electron chi connectivity index (χ0n) is 16.2. The van der Waals surface area contributed by atoms with Gasteiger partial charge in [0.15, 0.2) is 0 Å². The first kappa shape index (κ1) is 18.1. The number of hydrogen-bond donors (Lipinski definition) is 0. The molecule has 1 atom stereocenters. The first-order chi connectivity index (χ1) is 13.6. The molecule has 3 nitrogen and oxygen atoms in total. The Morgan fingerprint density at radius 1 is 0.750 bits per heavy atom. The van der Waals surface area contributed by atoms with Crippen molar-refractivity contribution in [2.45, 2.75) is 19.8 Å². The number of rotatable bonds is 4. The summed E-state index contributed by atoms with van der Waals surface area (Å²) in [5.41, 5.74) is 2.08. The van der Waals surface area contributed by atoms with E-state index < -0.39 is 0 Å². The van der Waals surface area contributed by atoms with Gasteiger partial charge in [0.25, 0.3) is 0 Å². The van der Waals surface area contributed by atoms with Crippen LogP contribution >= 0.6 is 0 Å². The van der Waals surface area contributed by atoms with E-state index in [2.05, 4.69) is 37.3 Å². The van der Waals surface area contributed by atoms with Gasteiger partial charge < -0.3 is 9.47 Å². The molecular formula is C25H22O3. The summed E-state index contributed by atoms with van der Waals surface area (Å²) in [6, 6.07) is 24.4. The van der Waals surface area contributed by atoms with E-state index in [1.54, 1.807) is 7.11 Å².